The molecule has 0 spiro atoms. The van der Waals surface area contributed by atoms with E-state index in [1.807, 2.05) is 48.5 Å². The fraction of sp³-hybridized carbons (Fsp3) is 0.0370. The molecule has 0 aliphatic rings. The number of pyridine rings is 1. The van der Waals surface area contributed by atoms with E-state index in [1.165, 1.54) is 4.40 Å². The molecule has 0 fully saturated rings. The minimum Gasteiger partial charge on any atom is -0.436 e. The maximum Gasteiger partial charge on any atom is 0.265 e. The van der Waals surface area contributed by atoms with E-state index in [9.17, 15) is 10.1 Å². The number of anilines is 1. The number of hydrogen-bond donors (Lipinski definition) is 1. The van der Waals surface area contributed by atoms with Crippen LogP contribution in [-0.4, -0.2) is 14.4 Å². The van der Waals surface area contributed by atoms with Gasteiger partial charge in [-0.2, -0.15) is 5.26 Å². The Morgan fingerprint density at radius 2 is 1.83 bits per heavy atom. The highest BCUT2D eigenvalue weighted by molar-refractivity contribution is 6.33. The largest absolute Gasteiger partial charge is 0.436 e. The number of nitriles is 1. The zero-order valence-corrected chi connectivity index (χ0v) is 19.2. The number of nitrogens with zero attached hydrogens (tertiary/aromatic N) is 4. The zero-order valence-electron chi connectivity index (χ0n) is 18.4. The third kappa shape index (κ3) is 3.31. The molecular weight excluding hydrogens is 462 g/mol. The topological polar surface area (TPSA) is 96.2 Å². The molecule has 0 aliphatic heterocycles. The van der Waals surface area contributed by atoms with Crippen molar-refractivity contribution in [3.8, 4) is 17.5 Å². The lowest BCUT2D eigenvalue weighted by molar-refractivity contribution is 0.620. The lowest BCUT2D eigenvalue weighted by atomic mass is 10.1. The molecular formula is C27H16ClN5O2. The molecule has 0 radical (unpaired) electrons. The number of imidazole rings is 1. The van der Waals surface area contributed by atoms with Gasteiger partial charge >= 0.3 is 0 Å². The van der Waals surface area contributed by atoms with E-state index in [-0.39, 0.29) is 5.56 Å². The van der Waals surface area contributed by atoms with Gasteiger partial charge in [-0.3, -0.25) is 9.20 Å². The highest BCUT2D eigenvalue weighted by Crippen LogP contribution is 2.32. The molecule has 168 valence electrons. The number of nitrogens with one attached hydrogen (secondary N) is 1. The molecule has 3 aromatic carbocycles. The van der Waals surface area contributed by atoms with Gasteiger partial charge in [0.25, 0.3) is 5.56 Å². The molecule has 7 nitrogen and oxygen atoms in total. The number of fused-ring (bicyclic) bond motifs is 4. The maximum atomic E-state index is 13.5. The van der Waals surface area contributed by atoms with Crippen molar-refractivity contribution in [1.29, 1.82) is 5.26 Å². The number of aromatic nitrogens is 3. The summed E-state index contributed by atoms with van der Waals surface area (Å²) in [5.41, 5.74) is 5.03. The fourth-order valence-corrected chi connectivity index (χ4v) is 4.41. The van der Waals surface area contributed by atoms with Crippen LogP contribution in [0.5, 0.6) is 0 Å². The predicted molar refractivity (Wildman–Crippen MR) is 136 cm³/mol. The first-order valence-electron chi connectivity index (χ1n) is 10.8. The van der Waals surface area contributed by atoms with Gasteiger partial charge in [0.05, 0.1) is 32.4 Å². The van der Waals surface area contributed by atoms with Crippen molar-refractivity contribution in [3.63, 3.8) is 0 Å². The van der Waals surface area contributed by atoms with Crippen LogP contribution in [0.2, 0.25) is 5.02 Å². The Bertz CT molecular complexity index is 1920. The molecule has 6 aromatic rings. The average molecular weight is 478 g/mol. The predicted octanol–water partition coefficient (Wildman–Crippen LogP) is 5.06. The Morgan fingerprint density at radius 1 is 1.06 bits per heavy atom. The Hall–Kier alpha value is -4.67. The lowest BCUT2D eigenvalue weighted by Gasteiger charge is -2.06. The summed E-state index contributed by atoms with van der Waals surface area (Å²) in [4.78, 5) is 22.5. The summed E-state index contributed by atoms with van der Waals surface area (Å²) < 4.78 is 7.36. The van der Waals surface area contributed by atoms with Crippen molar-refractivity contribution in [2.45, 2.75) is 6.92 Å². The molecule has 3 aromatic heterocycles. The third-order valence-corrected chi connectivity index (χ3v) is 6.31. The molecule has 0 unspecified atom stereocenters. The summed E-state index contributed by atoms with van der Waals surface area (Å²) in [6.07, 6.45) is 1.60. The SMILES string of the molecule is Cc1c(C#N)c2nc3ccccc3n2c(=O)c1=CNc1ccc(Cl)c(-c2nc3ccccc3o2)c1. The first-order valence-corrected chi connectivity index (χ1v) is 11.2. The van der Waals surface area contributed by atoms with Crippen LogP contribution in [-0.2, 0) is 0 Å². The van der Waals surface area contributed by atoms with Crippen molar-refractivity contribution < 1.29 is 4.42 Å². The van der Waals surface area contributed by atoms with Crippen molar-refractivity contribution >= 4 is 51.3 Å². The lowest BCUT2D eigenvalue weighted by Crippen LogP contribution is -2.34. The van der Waals surface area contributed by atoms with Gasteiger partial charge in [-0.25, -0.2) is 9.97 Å². The summed E-state index contributed by atoms with van der Waals surface area (Å²) in [6.45, 7) is 1.75. The van der Waals surface area contributed by atoms with Crippen LogP contribution in [0, 0.1) is 18.3 Å². The Kier molecular flexibility index (Phi) is 4.76. The van der Waals surface area contributed by atoms with Crippen LogP contribution in [0.4, 0.5) is 5.69 Å². The molecule has 6 rings (SSSR count). The minimum atomic E-state index is -0.258. The number of oxazole rings is 1. The van der Waals surface area contributed by atoms with Gasteiger partial charge in [0, 0.05) is 11.9 Å². The van der Waals surface area contributed by atoms with Crippen molar-refractivity contribution in [1.82, 2.24) is 14.4 Å². The Morgan fingerprint density at radius 3 is 2.63 bits per heavy atom. The van der Waals surface area contributed by atoms with E-state index in [2.05, 4.69) is 21.4 Å². The van der Waals surface area contributed by atoms with Gasteiger partial charge < -0.3 is 9.73 Å². The van der Waals surface area contributed by atoms with Gasteiger partial charge in [0.15, 0.2) is 11.2 Å². The van der Waals surface area contributed by atoms with Gasteiger partial charge in [-0.15, -0.1) is 0 Å². The average Bonchev–Trinajstić information content (AvgIpc) is 3.47. The summed E-state index contributed by atoms with van der Waals surface area (Å²) in [5, 5.41) is 13.9. The van der Waals surface area contributed by atoms with Crippen molar-refractivity contribution in [2.24, 2.45) is 0 Å². The first kappa shape index (κ1) is 20.9. The van der Waals surface area contributed by atoms with E-state index in [0.29, 0.717) is 60.8 Å². The van der Waals surface area contributed by atoms with E-state index < -0.39 is 0 Å². The molecule has 0 aliphatic carbocycles. The number of hydrogen-bond acceptors (Lipinski definition) is 6. The number of halogens is 1. The van der Waals surface area contributed by atoms with E-state index in [0.717, 1.165) is 5.52 Å². The maximum absolute atomic E-state index is 13.5. The number of para-hydroxylation sites is 4. The van der Waals surface area contributed by atoms with Crippen LogP contribution in [0.15, 0.2) is 75.9 Å². The minimum absolute atomic E-state index is 0.258. The van der Waals surface area contributed by atoms with Crippen LogP contribution in [0.1, 0.15) is 11.1 Å². The van der Waals surface area contributed by atoms with Crippen LogP contribution >= 0.6 is 11.6 Å². The Labute approximate surface area is 203 Å². The molecule has 35 heavy (non-hydrogen) atoms. The summed E-state index contributed by atoms with van der Waals surface area (Å²) in [6, 6.07) is 22.3. The summed E-state index contributed by atoms with van der Waals surface area (Å²) in [5.74, 6) is 0.401. The van der Waals surface area contributed by atoms with Gasteiger partial charge in [-0.05, 0) is 55.0 Å². The summed E-state index contributed by atoms with van der Waals surface area (Å²) >= 11 is 6.44. The molecule has 0 atom stereocenters. The number of benzene rings is 3. The normalized spacial score (nSPS) is 12.0. The quantitative estimate of drug-likeness (QED) is 0.383. The smallest absolute Gasteiger partial charge is 0.265 e. The molecule has 3 heterocycles. The zero-order chi connectivity index (χ0) is 24.1. The van der Waals surface area contributed by atoms with E-state index in [1.54, 1.807) is 31.3 Å². The van der Waals surface area contributed by atoms with Crippen LogP contribution in [0.3, 0.4) is 0 Å². The highest BCUT2D eigenvalue weighted by atomic mass is 35.5. The molecule has 8 heteroatoms. The molecule has 0 saturated heterocycles. The van der Waals surface area contributed by atoms with Crippen molar-refractivity contribution in [3.05, 3.63) is 98.5 Å². The van der Waals surface area contributed by atoms with Gasteiger partial charge in [0.1, 0.15) is 11.6 Å². The van der Waals surface area contributed by atoms with Crippen LogP contribution in [0.25, 0.3) is 45.4 Å². The highest BCUT2D eigenvalue weighted by Gasteiger charge is 2.16. The third-order valence-electron chi connectivity index (χ3n) is 5.98. The van der Waals surface area contributed by atoms with Gasteiger partial charge in [0.2, 0.25) is 5.89 Å². The Balaban J connectivity index is 1.49. The molecule has 1 N–H and O–H groups in total. The van der Waals surface area contributed by atoms with E-state index >= 15 is 0 Å². The monoisotopic (exact) mass is 477 g/mol. The first-order chi connectivity index (χ1) is 17.0. The van der Waals surface area contributed by atoms with Gasteiger partial charge in [-0.1, -0.05) is 35.9 Å². The molecule has 0 bridgehead atoms. The van der Waals surface area contributed by atoms with Crippen LogP contribution < -0.4 is 16.1 Å². The summed E-state index contributed by atoms with van der Waals surface area (Å²) in [7, 11) is 0. The number of rotatable bonds is 3. The second kappa shape index (κ2) is 7.97. The van der Waals surface area contributed by atoms with E-state index in [4.69, 9.17) is 16.0 Å². The second-order valence-corrected chi connectivity index (χ2v) is 8.47. The second-order valence-electron chi connectivity index (χ2n) is 8.06. The molecule has 0 amide bonds. The fourth-order valence-electron chi connectivity index (χ4n) is 4.21. The van der Waals surface area contributed by atoms with Crippen molar-refractivity contribution in [2.75, 3.05) is 5.32 Å². The standard InChI is InChI=1S/C27H16ClN5O2/c1-15-18(13-29)25-31-21-6-2-4-8-23(21)33(25)27(34)19(15)14-30-16-10-11-20(28)17(12-16)26-32-22-7-3-5-9-24(22)35-26/h2-12,14,30H,1H3. The molecule has 0 saturated carbocycles.